The average Bonchev–Trinajstić information content (AvgIpc) is 2.64. The second kappa shape index (κ2) is 12.6. The van der Waals surface area contributed by atoms with Crippen molar-refractivity contribution in [3.8, 4) is 0 Å². The molecule has 0 heterocycles. The van der Waals surface area contributed by atoms with Crippen LogP contribution in [0.3, 0.4) is 0 Å². The fraction of sp³-hybridized carbons (Fsp3) is 0.550. The van der Waals surface area contributed by atoms with E-state index < -0.39 is 11.7 Å². The van der Waals surface area contributed by atoms with Crippen molar-refractivity contribution < 1.29 is 14.3 Å². The fourth-order valence-electron chi connectivity index (χ4n) is 2.20. The number of nitrogens with one attached hydrogen (secondary N) is 4. The predicted octanol–water partition coefficient (Wildman–Crippen LogP) is 1.77. The van der Waals surface area contributed by atoms with E-state index in [-0.39, 0.29) is 5.91 Å². The van der Waals surface area contributed by atoms with Crippen molar-refractivity contribution in [1.29, 1.82) is 0 Å². The van der Waals surface area contributed by atoms with Gasteiger partial charge in [-0.1, -0.05) is 30.3 Å². The Bertz CT molecular complexity index is 626. The molecule has 0 fully saturated rings. The Morgan fingerprint density at radius 1 is 0.964 bits per heavy atom. The van der Waals surface area contributed by atoms with Crippen molar-refractivity contribution >= 4 is 18.0 Å². The van der Waals surface area contributed by atoms with Gasteiger partial charge in [-0.15, -0.1) is 0 Å². The third-order valence-electron chi connectivity index (χ3n) is 3.51. The Balaban J connectivity index is 2.10. The highest BCUT2D eigenvalue weighted by atomic mass is 16.6. The molecule has 0 spiro atoms. The molecule has 0 aliphatic rings. The molecule has 1 aromatic carbocycles. The lowest BCUT2D eigenvalue weighted by Gasteiger charge is -2.19. The number of ether oxygens (including phenoxy) is 1. The van der Waals surface area contributed by atoms with Crippen LogP contribution in [0.4, 0.5) is 4.79 Å². The summed E-state index contributed by atoms with van der Waals surface area (Å²) in [6.07, 6.45) is 0.655. The van der Waals surface area contributed by atoms with E-state index in [0.717, 1.165) is 12.0 Å². The summed E-state index contributed by atoms with van der Waals surface area (Å²) in [6, 6.07) is 9.79. The molecule has 2 amide bonds. The zero-order chi connectivity index (χ0) is 20.8. The molecule has 0 aliphatic carbocycles. The first-order valence-electron chi connectivity index (χ1n) is 9.52. The molecule has 1 aromatic rings. The van der Waals surface area contributed by atoms with Gasteiger partial charge >= 0.3 is 6.09 Å². The maximum absolute atomic E-state index is 11.9. The van der Waals surface area contributed by atoms with Gasteiger partial charge in [-0.25, -0.2) is 4.79 Å². The second-order valence-corrected chi connectivity index (χ2v) is 7.22. The van der Waals surface area contributed by atoms with E-state index >= 15 is 0 Å². The number of rotatable bonds is 9. The molecule has 0 aliphatic heterocycles. The highest BCUT2D eigenvalue weighted by Crippen LogP contribution is 2.06. The smallest absolute Gasteiger partial charge is 0.407 e. The second-order valence-electron chi connectivity index (χ2n) is 7.22. The monoisotopic (exact) mass is 391 g/mol. The van der Waals surface area contributed by atoms with Gasteiger partial charge in [0.1, 0.15) is 5.60 Å². The van der Waals surface area contributed by atoms with Crippen LogP contribution in [0.25, 0.3) is 0 Å². The van der Waals surface area contributed by atoms with Gasteiger partial charge in [-0.2, -0.15) is 0 Å². The van der Waals surface area contributed by atoms with Gasteiger partial charge in [0.25, 0.3) is 0 Å². The number of alkyl carbamates (subject to hydrolysis) is 1. The molecule has 0 unspecified atom stereocenters. The summed E-state index contributed by atoms with van der Waals surface area (Å²) in [5.74, 6) is 0.599. The maximum Gasteiger partial charge on any atom is 0.407 e. The van der Waals surface area contributed by atoms with Gasteiger partial charge in [0.2, 0.25) is 5.91 Å². The molecule has 28 heavy (non-hydrogen) atoms. The zero-order valence-electron chi connectivity index (χ0n) is 17.3. The molecular weight excluding hydrogens is 358 g/mol. The van der Waals surface area contributed by atoms with E-state index in [4.69, 9.17) is 4.74 Å². The first-order chi connectivity index (χ1) is 13.3. The SMILES string of the molecule is CN=C(NCCCNC(=O)OC(C)(C)C)NCCC(=O)NCc1ccccc1. The predicted molar refractivity (Wildman–Crippen MR) is 111 cm³/mol. The largest absolute Gasteiger partial charge is 0.444 e. The van der Waals surface area contributed by atoms with Crippen LogP contribution in [-0.2, 0) is 16.1 Å². The summed E-state index contributed by atoms with van der Waals surface area (Å²) in [6.45, 7) is 7.62. The van der Waals surface area contributed by atoms with Gasteiger partial charge in [0.15, 0.2) is 5.96 Å². The Morgan fingerprint density at radius 2 is 1.61 bits per heavy atom. The van der Waals surface area contributed by atoms with Crippen LogP contribution in [0.2, 0.25) is 0 Å². The Morgan fingerprint density at radius 3 is 2.25 bits per heavy atom. The third-order valence-corrected chi connectivity index (χ3v) is 3.51. The lowest BCUT2D eigenvalue weighted by molar-refractivity contribution is -0.121. The minimum absolute atomic E-state index is 0.0200. The molecule has 8 nitrogen and oxygen atoms in total. The maximum atomic E-state index is 11.9. The molecule has 0 saturated heterocycles. The number of amides is 2. The third kappa shape index (κ3) is 11.8. The van der Waals surface area contributed by atoms with Crippen molar-refractivity contribution in [1.82, 2.24) is 21.3 Å². The van der Waals surface area contributed by atoms with E-state index in [1.807, 2.05) is 51.1 Å². The highest BCUT2D eigenvalue weighted by Gasteiger charge is 2.15. The quantitative estimate of drug-likeness (QED) is 0.292. The van der Waals surface area contributed by atoms with Crippen LogP contribution >= 0.6 is 0 Å². The Kier molecular flexibility index (Phi) is 10.5. The number of hydrogen-bond donors (Lipinski definition) is 4. The van der Waals surface area contributed by atoms with E-state index in [1.165, 1.54) is 0 Å². The van der Waals surface area contributed by atoms with E-state index in [9.17, 15) is 9.59 Å². The number of carbonyl (C=O) groups is 2. The Hall–Kier alpha value is -2.77. The van der Waals surface area contributed by atoms with Crippen molar-refractivity contribution in [2.75, 3.05) is 26.7 Å². The average molecular weight is 392 g/mol. The summed E-state index contributed by atoms with van der Waals surface area (Å²) in [7, 11) is 1.67. The summed E-state index contributed by atoms with van der Waals surface area (Å²) >= 11 is 0. The van der Waals surface area contributed by atoms with E-state index in [2.05, 4.69) is 26.3 Å². The van der Waals surface area contributed by atoms with Gasteiger partial charge in [0.05, 0.1) is 0 Å². The number of carbonyl (C=O) groups excluding carboxylic acids is 2. The minimum atomic E-state index is -0.498. The molecule has 0 aromatic heterocycles. The van der Waals surface area contributed by atoms with Crippen LogP contribution in [0.5, 0.6) is 0 Å². The molecule has 8 heteroatoms. The molecule has 0 atom stereocenters. The van der Waals surface area contributed by atoms with Gasteiger partial charge in [-0.05, 0) is 32.8 Å². The fourth-order valence-corrected chi connectivity index (χ4v) is 2.20. The van der Waals surface area contributed by atoms with Gasteiger partial charge in [-0.3, -0.25) is 9.79 Å². The number of aliphatic imine (C=N–C) groups is 1. The summed E-state index contributed by atoms with van der Waals surface area (Å²) in [5, 5.41) is 11.8. The summed E-state index contributed by atoms with van der Waals surface area (Å²) in [4.78, 5) is 27.5. The molecular formula is C20H33N5O3. The normalized spacial score (nSPS) is 11.5. The minimum Gasteiger partial charge on any atom is -0.444 e. The summed E-state index contributed by atoms with van der Waals surface area (Å²) in [5.41, 5.74) is 0.572. The van der Waals surface area contributed by atoms with Crippen molar-refractivity contribution in [2.45, 2.75) is 45.8 Å². The van der Waals surface area contributed by atoms with Gasteiger partial charge < -0.3 is 26.0 Å². The number of guanidine groups is 1. The summed E-state index contributed by atoms with van der Waals surface area (Å²) < 4.78 is 5.17. The number of benzene rings is 1. The first kappa shape index (κ1) is 23.3. The zero-order valence-corrected chi connectivity index (χ0v) is 17.3. The number of nitrogens with zero attached hydrogens (tertiary/aromatic N) is 1. The van der Waals surface area contributed by atoms with Crippen molar-refractivity contribution in [3.05, 3.63) is 35.9 Å². The number of hydrogen-bond acceptors (Lipinski definition) is 4. The molecule has 0 bridgehead atoms. The lowest BCUT2D eigenvalue weighted by Crippen LogP contribution is -2.40. The molecule has 1 rings (SSSR count). The van der Waals surface area contributed by atoms with Crippen LogP contribution in [0.15, 0.2) is 35.3 Å². The first-order valence-corrected chi connectivity index (χ1v) is 9.52. The Labute approximate surface area is 167 Å². The van der Waals surface area contributed by atoms with E-state index in [0.29, 0.717) is 38.6 Å². The molecule has 0 radical (unpaired) electrons. The van der Waals surface area contributed by atoms with Crippen LogP contribution < -0.4 is 21.3 Å². The van der Waals surface area contributed by atoms with Crippen molar-refractivity contribution in [2.24, 2.45) is 4.99 Å². The topological polar surface area (TPSA) is 104 Å². The molecule has 0 saturated carbocycles. The van der Waals surface area contributed by atoms with Crippen molar-refractivity contribution in [3.63, 3.8) is 0 Å². The van der Waals surface area contributed by atoms with E-state index in [1.54, 1.807) is 7.05 Å². The lowest BCUT2D eigenvalue weighted by atomic mass is 10.2. The van der Waals surface area contributed by atoms with Crippen LogP contribution in [0.1, 0.15) is 39.2 Å². The van der Waals surface area contributed by atoms with Gasteiger partial charge in [0, 0.05) is 39.6 Å². The highest BCUT2D eigenvalue weighted by molar-refractivity contribution is 5.81. The van der Waals surface area contributed by atoms with Crippen LogP contribution in [0, 0.1) is 0 Å². The molecule has 4 N–H and O–H groups in total. The standard InChI is InChI=1S/C20H33N5O3/c1-20(2,3)28-19(27)24-13-8-12-22-18(21-4)23-14-11-17(26)25-15-16-9-6-5-7-10-16/h5-7,9-10H,8,11-15H2,1-4H3,(H,24,27)(H,25,26)(H2,21,22,23). The molecule has 156 valence electrons. The van der Waals surface area contributed by atoms with Crippen LogP contribution in [-0.4, -0.2) is 50.2 Å².